The van der Waals surface area contributed by atoms with Crippen LogP contribution in [0.25, 0.3) is 0 Å². The summed E-state index contributed by atoms with van der Waals surface area (Å²) in [5.41, 5.74) is 1.94. The largest absolute Gasteiger partial charge is 0.322 e. The fraction of sp³-hybridized carbons (Fsp3) is 0. The number of carbonyl (C=O) groups is 2. The lowest BCUT2D eigenvalue weighted by Crippen LogP contribution is -2.16. The first-order valence-corrected chi connectivity index (χ1v) is 8.18. The van der Waals surface area contributed by atoms with E-state index >= 15 is 0 Å². The van der Waals surface area contributed by atoms with Crippen molar-refractivity contribution in [3.8, 4) is 12.1 Å². The van der Waals surface area contributed by atoms with Crippen molar-refractivity contribution in [3.63, 3.8) is 0 Å². The second-order valence-electron chi connectivity index (χ2n) is 5.72. The molecule has 2 amide bonds. The summed E-state index contributed by atoms with van der Waals surface area (Å²) in [6.07, 6.45) is 2.67. The van der Waals surface area contributed by atoms with Crippen molar-refractivity contribution in [3.05, 3.63) is 89.2 Å². The molecule has 0 spiro atoms. The maximum atomic E-state index is 12.5. The highest BCUT2D eigenvalue weighted by molar-refractivity contribution is 6.08. The lowest BCUT2D eigenvalue weighted by Gasteiger charge is -2.08. The van der Waals surface area contributed by atoms with Crippen LogP contribution in [0.3, 0.4) is 0 Å². The van der Waals surface area contributed by atoms with Crippen LogP contribution in [-0.4, -0.2) is 16.8 Å². The van der Waals surface area contributed by atoms with Crippen molar-refractivity contribution in [1.29, 1.82) is 10.5 Å². The zero-order valence-electron chi connectivity index (χ0n) is 14.5. The van der Waals surface area contributed by atoms with Gasteiger partial charge in [0.15, 0.2) is 0 Å². The van der Waals surface area contributed by atoms with Crippen LogP contribution in [-0.2, 0) is 0 Å². The Morgan fingerprint density at radius 3 is 2.25 bits per heavy atom. The van der Waals surface area contributed by atoms with Crippen LogP contribution < -0.4 is 10.6 Å². The maximum Gasteiger partial charge on any atom is 0.257 e. The number of hydrogen-bond donors (Lipinski definition) is 2. The highest BCUT2D eigenvalue weighted by atomic mass is 16.2. The van der Waals surface area contributed by atoms with E-state index in [0.717, 1.165) is 0 Å². The average Bonchev–Trinajstić information content (AvgIpc) is 2.74. The lowest BCUT2D eigenvalue weighted by atomic mass is 10.1. The van der Waals surface area contributed by atoms with E-state index in [1.165, 1.54) is 18.5 Å². The molecule has 7 nitrogen and oxygen atoms in total. The van der Waals surface area contributed by atoms with Crippen LogP contribution in [0.4, 0.5) is 11.4 Å². The molecule has 2 N–H and O–H groups in total. The van der Waals surface area contributed by atoms with E-state index in [2.05, 4.69) is 15.6 Å². The molecule has 0 aliphatic carbocycles. The summed E-state index contributed by atoms with van der Waals surface area (Å²) in [6.45, 7) is 0. The summed E-state index contributed by atoms with van der Waals surface area (Å²) < 4.78 is 0. The molecule has 0 bridgehead atoms. The Bertz CT molecular complexity index is 1140. The smallest absolute Gasteiger partial charge is 0.257 e. The number of rotatable bonds is 4. The molecule has 0 fully saturated rings. The third-order valence-electron chi connectivity index (χ3n) is 3.81. The predicted molar refractivity (Wildman–Crippen MR) is 102 cm³/mol. The molecule has 0 aliphatic rings. The number of amides is 2. The number of aromatic nitrogens is 1. The van der Waals surface area contributed by atoms with Crippen molar-refractivity contribution in [2.75, 3.05) is 10.6 Å². The molecule has 0 aliphatic heterocycles. The Balaban J connectivity index is 1.78. The normalized spacial score (nSPS) is 9.64. The lowest BCUT2D eigenvalue weighted by molar-refractivity contribution is 0.102. The third-order valence-corrected chi connectivity index (χ3v) is 3.81. The first-order chi connectivity index (χ1) is 13.6. The first-order valence-electron chi connectivity index (χ1n) is 8.18. The van der Waals surface area contributed by atoms with Gasteiger partial charge in [-0.1, -0.05) is 18.2 Å². The quantitative estimate of drug-likeness (QED) is 0.733. The number of nitriles is 2. The van der Waals surface area contributed by atoms with Gasteiger partial charge in [-0.3, -0.25) is 14.6 Å². The van der Waals surface area contributed by atoms with Gasteiger partial charge in [-0.2, -0.15) is 10.5 Å². The van der Waals surface area contributed by atoms with Gasteiger partial charge in [-0.05, 0) is 36.4 Å². The number of pyridine rings is 1. The van der Waals surface area contributed by atoms with Crippen molar-refractivity contribution in [2.45, 2.75) is 0 Å². The molecule has 0 radical (unpaired) electrons. The molecule has 0 unspecified atom stereocenters. The SMILES string of the molecule is N#Cc1cccc(NC(=O)c2cncc(C(=O)Nc3ccccc3C#N)c2)c1. The second kappa shape index (κ2) is 8.26. The molecule has 0 saturated carbocycles. The molecule has 28 heavy (non-hydrogen) atoms. The van der Waals surface area contributed by atoms with E-state index in [1.807, 2.05) is 12.1 Å². The minimum absolute atomic E-state index is 0.172. The van der Waals surface area contributed by atoms with E-state index in [4.69, 9.17) is 10.5 Å². The fourth-order valence-corrected chi connectivity index (χ4v) is 2.44. The molecule has 134 valence electrons. The minimum atomic E-state index is -0.490. The number of benzene rings is 2. The van der Waals surface area contributed by atoms with Crippen molar-refractivity contribution in [2.24, 2.45) is 0 Å². The zero-order chi connectivity index (χ0) is 19.9. The summed E-state index contributed by atoms with van der Waals surface area (Å²) in [6, 6.07) is 18.5. The molecule has 3 aromatic rings. The van der Waals surface area contributed by atoms with Crippen molar-refractivity contribution in [1.82, 2.24) is 4.98 Å². The number of nitrogens with one attached hydrogen (secondary N) is 2. The molecule has 1 aromatic heterocycles. The van der Waals surface area contributed by atoms with Crippen LogP contribution >= 0.6 is 0 Å². The standard InChI is InChI=1S/C21H13N5O2/c22-10-14-4-3-6-18(8-14)25-20(27)16-9-17(13-24-12-16)21(28)26-19-7-2-1-5-15(19)11-23/h1-9,12-13H,(H,25,27)(H,26,28). The van der Waals surface area contributed by atoms with Gasteiger partial charge in [-0.15, -0.1) is 0 Å². The number of hydrogen-bond acceptors (Lipinski definition) is 5. The van der Waals surface area contributed by atoms with Crippen LogP contribution in [0.15, 0.2) is 67.0 Å². The number of carbonyl (C=O) groups excluding carboxylic acids is 2. The molecule has 2 aromatic carbocycles. The van der Waals surface area contributed by atoms with Crippen molar-refractivity contribution >= 4 is 23.2 Å². The molecule has 0 atom stereocenters. The fourth-order valence-electron chi connectivity index (χ4n) is 2.44. The molecular weight excluding hydrogens is 354 g/mol. The Morgan fingerprint density at radius 2 is 1.54 bits per heavy atom. The summed E-state index contributed by atoms with van der Waals surface area (Å²) in [7, 11) is 0. The highest BCUT2D eigenvalue weighted by Crippen LogP contribution is 2.16. The highest BCUT2D eigenvalue weighted by Gasteiger charge is 2.13. The number of nitrogens with zero attached hydrogens (tertiary/aromatic N) is 3. The van der Waals surface area contributed by atoms with Gasteiger partial charge in [0.2, 0.25) is 0 Å². The van der Waals surface area contributed by atoms with E-state index in [9.17, 15) is 9.59 Å². The molecule has 1 heterocycles. The monoisotopic (exact) mass is 367 g/mol. The molecule has 3 rings (SSSR count). The van der Waals surface area contributed by atoms with Gasteiger partial charge >= 0.3 is 0 Å². The van der Waals surface area contributed by atoms with E-state index < -0.39 is 11.8 Å². The van der Waals surface area contributed by atoms with Gasteiger partial charge in [0.1, 0.15) is 6.07 Å². The van der Waals surface area contributed by atoms with Gasteiger partial charge < -0.3 is 10.6 Å². The molecule has 0 saturated heterocycles. The minimum Gasteiger partial charge on any atom is -0.322 e. The van der Waals surface area contributed by atoms with Crippen LogP contribution in [0.2, 0.25) is 0 Å². The Hall–Kier alpha value is -4.49. The number of anilines is 2. The summed E-state index contributed by atoms with van der Waals surface area (Å²) in [5.74, 6) is -0.953. The first kappa shape index (κ1) is 18.3. The van der Waals surface area contributed by atoms with Gasteiger partial charge in [0.25, 0.3) is 11.8 Å². The molecular formula is C21H13N5O2. The predicted octanol–water partition coefficient (Wildman–Crippen LogP) is 3.33. The summed E-state index contributed by atoms with van der Waals surface area (Å²) >= 11 is 0. The Kier molecular flexibility index (Phi) is 5.40. The van der Waals surface area contributed by atoms with Gasteiger partial charge in [0.05, 0.1) is 34.0 Å². The van der Waals surface area contributed by atoms with Crippen LogP contribution in [0.5, 0.6) is 0 Å². The Labute approximate surface area is 160 Å². The van der Waals surface area contributed by atoms with Crippen molar-refractivity contribution < 1.29 is 9.59 Å². The van der Waals surface area contributed by atoms with Gasteiger partial charge in [-0.25, -0.2) is 0 Å². The maximum absolute atomic E-state index is 12.5. The van der Waals surface area contributed by atoms with Crippen LogP contribution in [0, 0.1) is 22.7 Å². The third kappa shape index (κ3) is 4.18. The average molecular weight is 367 g/mol. The number of para-hydroxylation sites is 1. The van der Waals surface area contributed by atoms with E-state index in [1.54, 1.807) is 48.5 Å². The van der Waals surface area contributed by atoms with E-state index in [0.29, 0.717) is 22.5 Å². The van der Waals surface area contributed by atoms with Gasteiger partial charge in [0, 0.05) is 18.1 Å². The topological polar surface area (TPSA) is 119 Å². The van der Waals surface area contributed by atoms with E-state index in [-0.39, 0.29) is 11.1 Å². The van der Waals surface area contributed by atoms with Crippen LogP contribution in [0.1, 0.15) is 31.8 Å². The second-order valence-corrected chi connectivity index (χ2v) is 5.72. The molecule has 7 heteroatoms. The summed E-state index contributed by atoms with van der Waals surface area (Å²) in [5, 5.41) is 23.3. The Morgan fingerprint density at radius 1 is 0.821 bits per heavy atom. The summed E-state index contributed by atoms with van der Waals surface area (Å²) in [4.78, 5) is 28.9. The zero-order valence-corrected chi connectivity index (χ0v) is 14.5.